The maximum Gasteiger partial charge on any atom is 0.248 e. The molecule has 1 aromatic heterocycles. The van der Waals surface area contributed by atoms with E-state index in [-0.39, 0.29) is 5.56 Å². The van der Waals surface area contributed by atoms with Crippen LogP contribution < -0.4 is 5.56 Å². The molecule has 0 unspecified atom stereocenters. The minimum Gasteiger partial charge on any atom is -0.326 e. The van der Waals surface area contributed by atoms with Gasteiger partial charge in [0.1, 0.15) is 0 Å². The summed E-state index contributed by atoms with van der Waals surface area (Å²) in [6.45, 7) is 7.85. The number of hydrogen-bond acceptors (Lipinski definition) is 1. The fraction of sp³-hybridized carbons (Fsp3) is 0.444. The van der Waals surface area contributed by atoms with Gasteiger partial charge in [-0.05, 0) is 19.4 Å². The van der Waals surface area contributed by atoms with Crippen molar-refractivity contribution >= 4 is 0 Å². The van der Waals surface area contributed by atoms with Gasteiger partial charge >= 0.3 is 0 Å². The molecule has 11 heavy (non-hydrogen) atoms. The summed E-state index contributed by atoms with van der Waals surface area (Å²) >= 11 is 0. The SMILES string of the molecule is CC.Cc1ccc(=O)[nH]c1C. The minimum atomic E-state index is -0.0295. The van der Waals surface area contributed by atoms with Gasteiger partial charge in [-0.3, -0.25) is 4.79 Å². The number of H-pyrrole nitrogens is 1. The molecule has 2 heteroatoms. The largest absolute Gasteiger partial charge is 0.326 e. The van der Waals surface area contributed by atoms with Crippen LogP contribution in [-0.2, 0) is 0 Å². The van der Waals surface area contributed by atoms with E-state index < -0.39 is 0 Å². The summed E-state index contributed by atoms with van der Waals surface area (Å²) in [5.74, 6) is 0. The van der Waals surface area contributed by atoms with E-state index in [1.165, 1.54) is 6.07 Å². The molecule has 0 saturated heterocycles. The van der Waals surface area contributed by atoms with Crippen molar-refractivity contribution < 1.29 is 0 Å². The van der Waals surface area contributed by atoms with Crippen LogP contribution in [0.3, 0.4) is 0 Å². The topological polar surface area (TPSA) is 32.9 Å². The normalized spacial score (nSPS) is 8.36. The third kappa shape index (κ3) is 3.03. The van der Waals surface area contributed by atoms with E-state index in [1.807, 2.05) is 33.8 Å². The van der Waals surface area contributed by atoms with Crippen LogP contribution >= 0.6 is 0 Å². The Morgan fingerprint density at radius 1 is 1.18 bits per heavy atom. The summed E-state index contributed by atoms with van der Waals surface area (Å²) in [5.41, 5.74) is 2.04. The first-order valence-corrected chi connectivity index (χ1v) is 3.86. The molecular formula is C9H15NO. The minimum absolute atomic E-state index is 0.0295. The molecule has 2 nitrogen and oxygen atoms in total. The third-order valence-electron chi connectivity index (χ3n) is 1.39. The molecule has 0 aliphatic heterocycles. The smallest absolute Gasteiger partial charge is 0.248 e. The van der Waals surface area contributed by atoms with E-state index in [0.717, 1.165) is 11.3 Å². The second-order valence-corrected chi connectivity index (χ2v) is 2.13. The first kappa shape index (κ1) is 9.95. The van der Waals surface area contributed by atoms with Gasteiger partial charge in [0.25, 0.3) is 0 Å². The maximum atomic E-state index is 10.6. The predicted molar refractivity (Wildman–Crippen MR) is 47.9 cm³/mol. The van der Waals surface area contributed by atoms with Crippen LogP contribution in [0.5, 0.6) is 0 Å². The summed E-state index contributed by atoms with van der Waals surface area (Å²) in [5, 5.41) is 0. The second-order valence-electron chi connectivity index (χ2n) is 2.13. The van der Waals surface area contributed by atoms with E-state index in [2.05, 4.69) is 4.98 Å². The highest BCUT2D eigenvalue weighted by Gasteiger charge is 1.88. The number of aromatic nitrogens is 1. The van der Waals surface area contributed by atoms with Gasteiger partial charge in [-0.25, -0.2) is 0 Å². The van der Waals surface area contributed by atoms with Gasteiger partial charge < -0.3 is 4.98 Å². The summed E-state index contributed by atoms with van der Waals surface area (Å²) in [6.07, 6.45) is 0. The predicted octanol–water partition coefficient (Wildman–Crippen LogP) is 2.02. The van der Waals surface area contributed by atoms with Gasteiger partial charge in [-0.2, -0.15) is 0 Å². The standard InChI is InChI=1S/C7H9NO.C2H6/c1-5-3-4-7(9)8-6(5)2;1-2/h3-4H,1-2H3,(H,8,9);1-2H3. The Balaban J connectivity index is 0.000000461. The van der Waals surface area contributed by atoms with Crippen molar-refractivity contribution in [1.82, 2.24) is 4.98 Å². The lowest BCUT2D eigenvalue weighted by molar-refractivity contribution is 1.10. The van der Waals surface area contributed by atoms with Crippen molar-refractivity contribution in [3.63, 3.8) is 0 Å². The highest BCUT2D eigenvalue weighted by atomic mass is 16.1. The number of aromatic amines is 1. The zero-order valence-electron chi connectivity index (χ0n) is 7.56. The van der Waals surface area contributed by atoms with Crippen LogP contribution in [-0.4, -0.2) is 4.98 Å². The number of hydrogen-bond donors (Lipinski definition) is 1. The van der Waals surface area contributed by atoms with E-state index in [1.54, 1.807) is 0 Å². The number of pyridine rings is 1. The van der Waals surface area contributed by atoms with Crippen molar-refractivity contribution in [2.24, 2.45) is 0 Å². The van der Waals surface area contributed by atoms with Gasteiger partial charge in [-0.1, -0.05) is 19.9 Å². The molecule has 0 atom stereocenters. The highest BCUT2D eigenvalue weighted by Crippen LogP contribution is 1.95. The molecule has 0 spiro atoms. The number of nitrogens with one attached hydrogen (secondary N) is 1. The molecule has 0 radical (unpaired) electrons. The van der Waals surface area contributed by atoms with E-state index >= 15 is 0 Å². The molecule has 0 bridgehead atoms. The Morgan fingerprint density at radius 2 is 1.73 bits per heavy atom. The third-order valence-corrected chi connectivity index (χ3v) is 1.39. The maximum absolute atomic E-state index is 10.6. The van der Waals surface area contributed by atoms with Crippen LogP contribution in [0.25, 0.3) is 0 Å². The molecule has 0 aliphatic rings. The van der Waals surface area contributed by atoms with Crippen molar-refractivity contribution in [2.45, 2.75) is 27.7 Å². The van der Waals surface area contributed by atoms with Gasteiger partial charge in [0, 0.05) is 11.8 Å². The molecule has 0 amide bonds. The Bertz CT molecular complexity index is 263. The zero-order chi connectivity index (χ0) is 8.85. The average Bonchev–Trinajstić information content (AvgIpc) is 2.02. The van der Waals surface area contributed by atoms with Gasteiger partial charge in [0.2, 0.25) is 5.56 Å². The lowest BCUT2D eigenvalue weighted by Gasteiger charge is -1.94. The number of rotatable bonds is 0. The van der Waals surface area contributed by atoms with Crippen LogP contribution in [0.15, 0.2) is 16.9 Å². The number of aryl methyl sites for hydroxylation is 2. The van der Waals surface area contributed by atoms with Gasteiger partial charge in [-0.15, -0.1) is 0 Å². The van der Waals surface area contributed by atoms with Crippen molar-refractivity contribution in [3.05, 3.63) is 33.7 Å². The lowest BCUT2D eigenvalue weighted by atomic mass is 10.2. The highest BCUT2D eigenvalue weighted by molar-refractivity contribution is 5.15. The molecule has 0 saturated carbocycles. The van der Waals surface area contributed by atoms with Crippen LogP contribution in [0.2, 0.25) is 0 Å². The quantitative estimate of drug-likeness (QED) is 0.607. The van der Waals surface area contributed by atoms with Gasteiger partial charge in [0.05, 0.1) is 0 Å². The second kappa shape index (κ2) is 4.72. The molecule has 1 heterocycles. The Morgan fingerprint density at radius 3 is 2.09 bits per heavy atom. The summed E-state index contributed by atoms with van der Waals surface area (Å²) < 4.78 is 0. The first-order valence-electron chi connectivity index (χ1n) is 3.86. The van der Waals surface area contributed by atoms with E-state index in [0.29, 0.717) is 0 Å². The van der Waals surface area contributed by atoms with Crippen molar-refractivity contribution in [3.8, 4) is 0 Å². The van der Waals surface area contributed by atoms with Crippen LogP contribution in [0.1, 0.15) is 25.1 Å². The molecule has 1 aromatic rings. The summed E-state index contributed by atoms with van der Waals surface area (Å²) in [4.78, 5) is 13.3. The van der Waals surface area contributed by atoms with E-state index in [4.69, 9.17) is 0 Å². The van der Waals surface area contributed by atoms with Crippen molar-refractivity contribution in [2.75, 3.05) is 0 Å². The average molecular weight is 153 g/mol. The fourth-order valence-corrected chi connectivity index (χ4v) is 0.651. The zero-order valence-corrected chi connectivity index (χ0v) is 7.56. The first-order chi connectivity index (χ1) is 5.20. The summed E-state index contributed by atoms with van der Waals surface area (Å²) in [6, 6.07) is 3.34. The van der Waals surface area contributed by atoms with E-state index in [9.17, 15) is 4.79 Å². The molecule has 0 aromatic carbocycles. The molecular weight excluding hydrogens is 138 g/mol. The lowest BCUT2D eigenvalue weighted by Crippen LogP contribution is -2.05. The molecule has 62 valence electrons. The molecule has 1 N–H and O–H groups in total. The fourth-order valence-electron chi connectivity index (χ4n) is 0.651. The molecule has 0 fully saturated rings. The molecule has 0 aliphatic carbocycles. The Kier molecular flexibility index (Phi) is 4.27. The van der Waals surface area contributed by atoms with Crippen LogP contribution in [0, 0.1) is 13.8 Å². The summed E-state index contributed by atoms with van der Waals surface area (Å²) in [7, 11) is 0. The molecule has 1 rings (SSSR count). The van der Waals surface area contributed by atoms with Crippen molar-refractivity contribution in [1.29, 1.82) is 0 Å². The Hall–Kier alpha value is -1.05. The van der Waals surface area contributed by atoms with Crippen LogP contribution in [0.4, 0.5) is 0 Å². The Labute approximate surface area is 67.3 Å². The monoisotopic (exact) mass is 153 g/mol. The van der Waals surface area contributed by atoms with Gasteiger partial charge in [0.15, 0.2) is 0 Å².